The molecular weight excluding hydrogens is 234 g/mol. The highest BCUT2D eigenvalue weighted by molar-refractivity contribution is 5.91. The number of amides is 1. The lowest BCUT2D eigenvalue weighted by Crippen LogP contribution is -2.09. The minimum Gasteiger partial charge on any atom is -0.326 e. The van der Waals surface area contributed by atoms with E-state index in [1.807, 2.05) is 36.4 Å². The number of allylic oxidation sites excluding steroid dienone is 3. The highest BCUT2D eigenvalue weighted by atomic mass is 16.1. The smallest absolute Gasteiger partial charge is 0.228 e. The Kier molecular flexibility index (Phi) is 6.65. The summed E-state index contributed by atoms with van der Waals surface area (Å²) in [5, 5.41) is 2.88. The van der Waals surface area contributed by atoms with Gasteiger partial charge in [0.2, 0.25) is 5.91 Å². The fourth-order valence-corrected chi connectivity index (χ4v) is 1.69. The van der Waals surface area contributed by atoms with Crippen LogP contribution in [0.5, 0.6) is 0 Å². The van der Waals surface area contributed by atoms with Crippen LogP contribution in [0.15, 0.2) is 53.6 Å². The van der Waals surface area contributed by atoms with E-state index in [4.69, 9.17) is 0 Å². The van der Waals surface area contributed by atoms with Crippen LogP contribution in [0.25, 0.3) is 0 Å². The first-order valence-corrected chi connectivity index (χ1v) is 6.72. The Morgan fingerprint density at radius 2 is 1.79 bits per heavy atom. The van der Waals surface area contributed by atoms with E-state index >= 15 is 0 Å². The van der Waals surface area contributed by atoms with Crippen LogP contribution < -0.4 is 5.32 Å². The standard InChI is InChI=1S/C17H23NO/c1-14(2)8-7-9-15(3)12-13-17(19)18-16-10-5-4-6-11-16/h4-6,8,10-12H,7,9,13H2,1-3H3,(H,18,19)/b15-12+. The van der Waals surface area contributed by atoms with Crippen LogP contribution in [0.2, 0.25) is 0 Å². The molecule has 19 heavy (non-hydrogen) atoms. The van der Waals surface area contributed by atoms with Crippen molar-refractivity contribution in [3.8, 4) is 0 Å². The molecule has 102 valence electrons. The van der Waals surface area contributed by atoms with Crippen molar-refractivity contribution in [2.24, 2.45) is 0 Å². The van der Waals surface area contributed by atoms with Crippen LogP contribution in [-0.4, -0.2) is 5.91 Å². The lowest BCUT2D eigenvalue weighted by atomic mass is 10.1. The molecule has 2 nitrogen and oxygen atoms in total. The molecule has 0 bridgehead atoms. The van der Waals surface area contributed by atoms with Crippen molar-refractivity contribution in [2.75, 3.05) is 5.32 Å². The van der Waals surface area contributed by atoms with E-state index in [1.165, 1.54) is 11.1 Å². The lowest BCUT2D eigenvalue weighted by molar-refractivity contribution is -0.115. The molecule has 0 fully saturated rings. The largest absolute Gasteiger partial charge is 0.326 e. The fourth-order valence-electron chi connectivity index (χ4n) is 1.69. The quantitative estimate of drug-likeness (QED) is 0.735. The summed E-state index contributed by atoms with van der Waals surface area (Å²) in [5.41, 5.74) is 3.46. The molecular formula is C17H23NO. The Morgan fingerprint density at radius 3 is 2.42 bits per heavy atom. The molecule has 1 N–H and O–H groups in total. The first-order chi connectivity index (χ1) is 9.08. The molecule has 1 aromatic carbocycles. The summed E-state index contributed by atoms with van der Waals surface area (Å²) in [6, 6.07) is 9.54. The first-order valence-electron chi connectivity index (χ1n) is 6.72. The van der Waals surface area contributed by atoms with Crippen molar-refractivity contribution < 1.29 is 4.79 Å². The highest BCUT2D eigenvalue weighted by Crippen LogP contribution is 2.09. The second kappa shape index (κ2) is 8.30. The molecule has 2 heteroatoms. The van der Waals surface area contributed by atoms with Gasteiger partial charge < -0.3 is 5.32 Å². The Bertz CT molecular complexity index is 453. The van der Waals surface area contributed by atoms with Crippen LogP contribution >= 0.6 is 0 Å². The van der Waals surface area contributed by atoms with E-state index < -0.39 is 0 Å². The van der Waals surface area contributed by atoms with E-state index in [0.29, 0.717) is 6.42 Å². The Hall–Kier alpha value is -1.83. The molecule has 0 saturated heterocycles. The third-order valence-corrected chi connectivity index (χ3v) is 2.78. The van der Waals surface area contributed by atoms with Gasteiger partial charge in [-0.05, 0) is 45.7 Å². The van der Waals surface area contributed by atoms with Crippen molar-refractivity contribution in [1.29, 1.82) is 0 Å². The Morgan fingerprint density at radius 1 is 1.11 bits per heavy atom. The Balaban J connectivity index is 2.34. The highest BCUT2D eigenvalue weighted by Gasteiger charge is 1.99. The topological polar surface area (TPSA) is 29.1 Å². The van der Waals surface area contributed by atoms with Gasteiger partial charge in [0, 0.05) is 12.1 Å². The van der Waals surface area contributed by atoms with Gasteiger partial charge in [-0.15, -0.1) is 0 Å². The number of para-hydroxylation sites is 1. The lowest BCUT2D eigenvalue weighted by Gasteiger charge is -2.03. The normalized spacial score (nSPS) is 11.0. The Labute approximate surface area is 116 Å². The summed E-state index contributed by atoms with van der Waals surface area (Å²) >= 11 is 0. The third-order valence-electron chi connectivity index (χ3n) is 2.78. The summed E-state index contributed by atoms with van der Waals surface area (Å²) in [5.74, 6) is 0.0350. The van der Waals surface area contributed by atoms with Crippen molar-refractivity contribution in [3.63, 3.8) is 0 Å². The third kappa shape index (κ3) is 7.24. The van der Waals surface area contributed by atoms with Gasteiger partial charge in [0.05, 0.1) is 0 Å². The maximum atomic E-state index is 11.7. The number of anilines is 1. The zero-order valence-electron chi connectivity index (χ0n) is 12.1. The molecule has 0 spiro atoms. The van der Waals surface area contributed by atoms with Gasteiger partial charge in [0.1, 0.15) is 0 Å². The molecule has 0 aliphatic rings. The maximum Gasteiger partial charge on any atom is 0.228 e. The average molecular weight is 257 g/mol. The molecule has 0 radical (unpaired) electrons. The summed E-state index contributed by atoms with van der Waals surface area (Å²) in [7, 11) is 0. The molecule has 0 heterocycles. The minimum absolute atomic E-state index is 0.0350. The number of nitrogens with one attached hydrogen (secondary N) is 1. The van der Waals surface area contributed by atoms with Gasteiger partial charge in [-0.1, -0.05) is 41.5 Å². The van der Waals surface area contributed by atoms with Gasteiger partial charge in [-0.3, -0.25) is 4.79 Å². The van der Waals surface area contributed by atoms with E-state index in [1.54, 1.807) is 0 Å². The predicted molar refractivity (Wildman–Crippen MR) is 82.1 cm³/mol. The number of hydrogen-bond acceptors (Lipinski definition) is 1. The molecule has 1 rings (SSSR count). The molecule has 0 aliphatic heterocycles. The zero-order chi connectivity index (χ0) is 14.1. The fraction of sp³-hybridized carbons (Fsp3) is 0.353. The van der Waals surface area contributed by atoms with Crippen LogP contribution in [0, 0.1) is 0 Å². The number of benzene rings is 1. The number of carbonyl (C=O) groups is 1. The van der Waals surface area contributed by atoms with E-state index in [9.17, 15) is 4.79 Å². The summed E-state index contributed by atoms with van der Waals surface area (Å²) in [4.78, 5) is 11.7. The van der Waals surface area contributed by atoms with Gasteiger partial charge in [0.25, 0.3) is 0 Å². The van der Waals surface area contributed by atoms with Crippen molar-refractivity contribution >= 4 is 11.6 Å². The molecule has 0 aromatic heterocycles. The number of rotatable bonds is 6. The average Bonchev–Trinajstić information content (AvgIpc) is 2.37. The van der Waals surface area contributed by atoms with Crippen LogP contribution in [0.3, 0.4) is 0 Å². The molecule has 0 unspecified atom stereocenters. The van der Waals surface area contributed by atoms with Crippen molar-refractivity contribution in [2.45, 2.75) is 40.0 Å². The van der Waals surface area contributed by atoms with E-state index in [2.05, 4.69) is 32.2 Å². The maximum absolute atomic E-state index is 11.7. The molecule has 1 aromatic rings. The minimum atomic E-state index is 0.0350. The second-order valence-electron chi connectivity index (χ2n) is 4.99. The SMILES string of the molecule is CC(C)=CCC/C(C)=C/CC(=O)Nc1ccccc1. The van der Waals surface area contributed by atoms with Crippen molar-refractivity contribution in [1.82, 2.24) is 0 Å². The number of carbonyl (C=O) groups excluding carboxylic acids is 1. The van der Waals surface area contributed by atoms with Crippen LogP contribution in [0.4, 0.5) is 5.69 Å². The zero-order valence-corrected chi connectivity index (χ0v) is 12.1. The van der Waals surface area contributed by atoms with Crippen LogP contribution in [-0.2, 0) is 4.79 Å². The molecule has 0 saturated carbocycles. The van der Waals surface area contributed by atoms with E-state index in [0.717, 1.165) is 18.5 Å². The second-order valence-corrected chi connectivity index (χ2v) is 4.99. The summed E-state index contributed by atoms with van der Waals surface area (Å²) in [6.07, 6.45) is 6.74. The molecule has 1 amide bonds. The predicted octanol–water partition coefficient (Wildman–Crippen LogP) is 4.71. The van der Waals surface area contributed by atoms with E-state index in [-0.39, 0.29) is 5.91 Å². The van der Waals surface area contributed by atoms with Crippen molar-refractivity contribution in [3.05, 3.63) is 53.6 Å². The monoisotopic (exact) mass is 257 g/mol. The van der Waals surface area contributed by atoms with Gasteiger partial charge >= 0.3 is 0 Å². The van der Waals surface area contributed by atoms with Gasteiger partial charge in [-0.25, -0.2) is 0 Å². The summed E-state index contributed by atoms with van der Waals surface area (Å²) in [6.45, 7) is 6.29. The van der Waals surface area contributed by atoms with Gasteiger partial charge in [-0.2, -0.15) is 0 Å². The van der Waals surface area contributed by atoms with Gasteiger partial charge in [0.15, 0.2) is 0 Å². The summed E-state index contributed by atoms with van der Waals surface area (Å²) < 4.78 is 0. The van der Waals surface area contributed by atoms with Crippen LogP contribution in [0.1, 0.15) is 40.0 Å². The molecule has 0 aliphatic carbocycles. The molecule has 0 atom stereocenters. The number of hydrogen-bond donors (Lipinski definition) is 1. The first kappa shape index (κ1) is 15.2.